The van der Waals surface area contributed by atoms with E-state index >= 15 is 0 Å². The Morgan fingerprint density at radius 1 is 1.09 bits per heavy atom. The molecule has 0 N–H and O–H groups in total. The molecule has 0 saturated carbocycles. The number of nitrogens with zero attached hydrogens (tertiary/aromatic N) is 3. The van der Waals surface area contributed by atoms with Crippen LogP contribution in [0.4, 0.5) is 0 Å². The lowest BCUT2D eigenvalue weighted by molar-refractivity contribution is 0.110. The molecule has 0 amide bonds. The van der Waals surface area contributed by atoms with Gasteiger partial charge in [-0.05, 0) is 43.9 Å². The zero-order chi connectivity index (χ0) is 16.0. The molecule has 3 aliphatic heterocycles. The topological polar surface area (TPSA) is 43.9 Å². The molecule has 4 rings (SSSR count). The lowest BCUT2D eigenvalue weighted by atomic mass is 10.0. The van der Waals surface area contributed by atoms with Gasteiger partial charge in [0.15, 0.2) is 0 Å². The first-order valence-corrected chi connectivity index (χ1v) is 10.0. The third kappa shape index (κ3) is 2.71. The summed E-state index contributed by atoms with van der Waals surface area (Å²) in [6, 6.07) is 8.66. The molecule has 0 aromatic heterocycles. The lowest BCUT2D eigenvalue weighted by Gasteiger charge is -2.43. The zero-order valence-electron chi connectivity index (χ0n) is 13.7. The van der Waals surface area contributed by atoms with Gasteiger partial charge in [-0.2, -0.15) is 17.0 Å². The molecule has 2 saturated heterocycles. The van der Waals surface area contributed by atoms with Crippen LogP contribution in [0.3, 0.4) is 0 Å². The quantitative estimate of drug-likeness (QED) is 0.822. The minimum atomic E-state index is -3.38. The molecular formula is C17H25N3O2S. The van der Waals surface area contributed by atoms with Gasteiger partial charge in [-0.3, -0.25) is 4.90 Å². The van der Waals surface area contributed by atoms with E-state index in [0.29, 0.717) is 25.7 Å². The summed E-state index contributed by atoms with van der Waals surface area (Å²) in [7, 11) is -3.38. The van der Waals surface area contributed by atoms with Crippen LogP contribution in [0.1, 0.15) is 30.9 Å². The smallest absolute Gasteiger partial charge is 0.282 e. The minimum Gasteiger partial charge on any atom is -0.297 e. The molecule has 6 heteroatoms. The van der Waals surface area contributed by atoms with Gasteiger partial charge in [0.2, 0.25) is 0 Å². The Bertz CT molecular complexity index is 691. The van der Waals surface area contributed by atoms with Crippen LogP contribution >= 0.6 is 0 Å². The molecule has 0 bridgehead atoms. The van der Waals surface area contributed by atoms with E-state index in [1.807, 2.05) is 19.1 Å². The van der Waals surface area contributed by atoms with Crippen LogP contribution in [-0.2, 0) is 23.2 Å². The van der Waals surface area contributed by atoms with Gasteiger partial charge in [0, 0.05) is 38.3 Å². The summed E-state index contributed by atoms with van der Waals surface area (Å²) in [6.45, 7) is 5.80. The second kappa shape index (κ2) is 5.84. The van der Waals surface area contributed by atoms with E-state index in [0.717, 1.165) is 31.5 Å². The Morgan fingerprint density at radius 3 is 2.70 bits per heavy atom. The molecule has 0 aliphatic carbocycles. The van der Waals surface area contributed by atoms with E-state index in [1.54, 1.807) is 8.61 Å². The molecule has 2 fully saturated rings. The molecule has 1 aromatic carbocycles. The van der Waals surface area contributed by atoms with Gasteiger partial charge in [0.1, 0.15) is 0 Å². The first-order valence-electron chi connectivity index (χ1n) is 8.63. The van der Waals surface area contributed by atoms with Crippen LogP contribution in [0.25, 0.3) is 0 Å². The molecular weight excluding hydrogens is 310 g/mol. The molecule has 0 unspecified atom stereocenters. The van der Waals surface area contributed by atoms with E-state index in [9.17, 15) is 8.42 Å². The summed E-state index contributed by atoms with van der Waals surface area (Å²) >= 11 is 0. The van der Waals surface area contributed by atoms with Crippen LogP contribution in [-0.4, -0.2) is 60.2 Å². The number of hydrogen-bond donors (Lipinski definition) is 0. The second-order valence-corrected chi connectivity index (χ2v) is 8.95. The predicted octanol–water partition coefficient (Wildman–Crippen LogP) is 1.46. The number of hydrogen-bond acceptors (Lipinski definition) is 3. The fourth-order valence-electron chi connectivity index (χ4n) is 4.30. The highest BCUT2D eigenvalue weighted by Crippen LogP contribution is 2.29. The molecule has 126 valence electrons. The number of benzene rings is 1. The first-order chi connectivity index (χ1) is 11.1. The number of piperazine rings is 1. The maximum Gasteiger partial charge on any atom is 0.282 e. The van der Waals surface area contributed by atoms with Crippen molar-refractivity contribution >= 4 is 10.2 Å². The maximum absolute atomic E-state index is 13.2. The van der Waals surface area contributed by atoms with Crippen LogP contribution < -0.4 is 0 Å². The van der Waals surface area contributed by atoms with Crippen molar-refractivity contribution in [2.75, 3.05) is 26.2 Å². The van der Waals surface area contributed by atoms with Crippen molar-refractivity contribution in [1.29, 1.82) is 0 Å². The molecule has 3 heterocycles. The molecule has 0 spiro atoms. The Kier molecular flexibility index (Phi) is 3.96. The first kappa shape index (κ1) is 15.6. The monoisotopic (exact) mass is 335 g/mol. The number of rotatable bonds is 2. The Labute approximate surface area is 139 Å². The van der Waals surface area contributed by atoms with Gasteiger partial charge in [-0.25, -0.2) is 0 Å². The normalized spacial score (nSPS) is 30.1. The van der Waals surface area contributed by atoms with Gasteiger partial charge < -0.3 is 0 Å². The van der Waals surface area contributed by atoms with Crippen molar-refractivity contribution in [2.45, 2.75) is 44.8 Å². The van der Waals surface area contributed by atoms with Crippen LogP contribution in [0.2, 0.25) is 0 Å². The van der Waals surface area contributed by atoms with E-state index in [4.69, 9.17) is 0 Å². The van der Waals surface area contributed by atoms with E-state index in [2.05, 4.69) is 17.0 Å². The van der Waals surface area contributed by atoms with E-state index < -0.39 is 10.2 Å². The summed E-state index contributed by atoms with van der Waals surface area (Å²) < 4.78 is 29.8. The van der Waals surface area contributed by atoms with E-state index in [1.165, 1.54) is 12.0 Å². The van der Waals surface area contributed by atoms with Crippen LogP contribution in [0.15, 0.2) is 24.3 Å². The molecule has 0 radical (unpaired) electrons. The minimum absolute atomic E-state index is 0.0616. The Balaban J connectivity index is 1.56. The van der Waals surface area contributed by atoms with Crippen molar-refractivity contribution in [2.24, 2.45) is 0 Å². The molecule has 3 aliphatic rings. The fourth-order valence-corrected chi connectivity index (χ4v) is 6.10. The van der Waals surface area contributed by atoms with Crippen molar-refractivity contribution in [3.05, 3.63) is 35.4 Å². The van der Waals surface area contributed by atoms with Crippen LogP contribution in [0.5, 0.6) is 0 Å². The average Bonchev–Trinajstić information content (AvgIpc) is 3.00. The summed E-state index contributed by atoms with van der Waals surface area (Å²) in [5, 5.41) is 0. The highest BCUT2D eigenvalue weighted by Gasteiger charge is 2.42. The molecule has 1 aromatic rings. The fraction of sp³-hybridized carbons (Fsp3) is 0.647. The van der Waals surface area contributed by atoms with Gasteiger partial charge in [-0.15, -0.1) is 0 Å². The van der Waals surface area contributed by atoms with Crippen molar-refractivity contribution in [3.8, 4) is 0 Å². The molecule has 23 heavy (non-hydrogen) atoms. The lowest BCUT2D eigenvalue weighted by Crippen LogP contribution is -2.59. The largest absolute Gasteiger partial charge is 0.297 e. The molecule has 2 atom stereocenters. The standard InChI is InChI=1S/C17H25N3O2S/c1-14-11-18-9-4-7-17(18)13-20(14)23(21,22)19-10-8-15-5-2-3-6-16(15)12-19/h2-3,5-6,14,17H,4,7-13H2,1H3/t14-,17-/m1/s1. The average molecular weight is 335 g/mol. The third-order valence-electron chi connectivity index (χ3n) is 5.60. The SMILES string of the molecule is C[C@@H]1CN2CCC[C@@H]2CN1S(=O)(=O)N1CCc2ccccc2C1. The summed E-state index contributed by atoms with van der Waals surface area (Å²) in [4.78, 5) is 2.46. The van der Waals surface area contributed by atoms with Crippen LogP contribution in [0, 0.1) is 0 Å². The second-order valence-electron chi connectivity index (χ2n) is 7.07. The van der Waals surface area contributed by atoms with E-state index in [-0.39, 0.29) is 6.04 Å². The summed E-state index contributed by atoms with van der Waals surface area (Å²) in [5.74, 6) is 0. The summed E-state index contributed by atoms with van der Waals surface area (Å²) in [5.41, 5.74) is 2.43. The van der Waals surface area contributed by atoms with Gasteiger partial charge in [-0.1, -0.05) is 24.3 Å². The summed E-state index contributed by atoms with van der Waals surface area (Å²) in [6.07, 6.45) is 3.14. The van der Waals surface area contributed by atoms with Gasteiger partial charge >= 0.3 is 0 Å². The zero-order valence-corrected chi connectivity index (χ0v) is 14.5. The predicted molar refractivity (Wildman–Crippen MR) is 90.2 cm³/mol. The Hall–Kier alpha value is -0.950. The maximum atomic E-state index is 13.2. The highest BCUT2D eigenvalue weighted by atomic mass is 32.2. The third-order valence-corrected chi connectivity index (χ3v) is 7.66. The van der Waals surface area contributed by atoms with Crippen molar-refractivity contribution < 1.29 is 8.42 Å². The van der Waals surface area contributed by atoms with Gasteiger partial charge in [0.05, 0.1) is 0 Å². The Morgan fingerprint density at radius 2 is 1.87 bits per heavy atom. The molecule has 5 nitrogen and oxygen atoms in total. The van der Waals surface area contributed by atoms with Crippen molar-refractivity contribution in [1.82, 2.24) is 13.5 Å². The van der Waals surface area contributed by atoms with Gasteiger partial charge in [0.25, 0.3) is 10.2 Å². The highest BCUT2D eigenvalue weighted by molar-refractivity contribution is 7.86. The number of fused-ring (bicyclic) bond motifs is 2. The van der Waals surface area contributed by atoms with Crippen molar-refractivity contribution in [3.63, 3.8) is 0 Å².